The molecule has 1 aromatic heterocycles. The Kier molecular flexibility index (Phi) is 3.74. The standard InChI is InChI=1S/C12H11ClN2O2S/c13-10-5-7(14)4-9(12(16)17)11(10)15-6-8-2-1-3-18-8/h1-5,15H,6,14H2,(H,16,17). The number of nitrogens with two attached hydrogens (primary N) is 1. The first-order chi connectivity index (χ1) is 8.58. The SMILES string of the molecule is Nc1cc(Cl)c(NCc2cccs2)c(C(=O)O)c1. The van der Waals surface area contributed by atoms with Gasteiger partial charge in [0.25, 0.3) is 0 Å². The molecule has 1 heterocycles. The highest BCUT2D eigenvalue weighted by atomic mass is 35.5. The van der Waals surface area contributed by atoms with E-state index in [4.69, 9.17) is 22.4 Å². The molecule has 0 saturated heterocycles. The van der Waals surface area contributed by atoms with E-state index >= 15 is 0 Å². The van der Waals surface area contributed by atoms with Crippen LogP contribution in [-0.2, 0) is 6.54 Å². The molecule has 0 bridgehead atoms. The predicted octanol–water partition coefficient (Wildman–Crippen LogP) is 3.29. The van der Waals surface area contributed by atoms with E-state index in [9.17, 15) is 4.79 Å². The number of carboxylic acid groups (broad SMARTS) is 1. The predicted molar refractivity (Wildman–Crippen MR) is 74.5 cm³/mol. The van der Waals surface area contributed by atoms with Crippen molar-refractivity contribution in [2.24, 2.45) is 0 Å². The van der Waals surface area contributed by atoms with Gasteiger partial charge >= 0.3 is 5.97 Å². The topological polar surface area (TPSA) is 75.3 Å². The highest BCUT2D eigenvalue weighted by Gasteiger charge is 2.14. The molecule has 0 fully saturated rings. The van der Waals surface area contributed by atoms with Crippen molar-refractivity contribution >= 4 is 40.3 Å². The molecule has 0 amide bonds. The summed E-state index contributed by atoms with van der Waals surface area (Å²) in [5.41, 5.74) is 6.39. The summed E-state index contributed by atoms with van der Waals surface area (Å²) in [6.45, 7) is 0.529. The van der Waals surface area contributed by atoms with Gasteiger partial charge in [0.05, 0.1) is 16.3 Å². The summed E-state index contributed by atoms with van der Waals surface area (Å²) < 4.78 is 0. The summed E-state index contributed by atoms with van der Waals surface area (Å²) in [4.78, 5) is 12.2. The largest absolute Gasteiger partial charge is 0.478 e. The molecule has 4 nitrogen and oxygen atoms in total. The van der Waals surface area contributed by atoms with E-state index in [2.05, 4.69) is 5.32 Å². The van der Waals surface area contributed by atoms with Gasteiger partial charge in [-0.05, 0) is 23.6 Å². The number of thiophene rings is 1. The number of benzene rings is 1. The molecule has 0 aliphatic rings. The van der Waals surface area contributed by atoms with E-state index in [0.29, 0.717) is 22.9 Å². The van der Waals surface area contributed by atoms with Crippen LogP contribution in [0.3, 0.4) is 0 Å². The molecular formula is C12H11ClN2O2S. The summed E-state index contributed by atoms with van der Waals surface area (Å²) in [5, 5.41) is 14.4. The second-order valence-corrected chi connectivity index (χ2v) is 5.10. The van der Waals surface area contributed by atoms with Gasteiger partial charge in [0.2, 0.25) is 0 Å². The third-order valence-electron chi connectivity index (χ3n) is 2.36. The Morgan fingerprint density at radius 1 is 1.50 bits per heavy atom. The number of aromatic carboxylic acids is 1. The summed E-state index contributed by atoms with van der Waals surface area (Å²) in [5.74, 6) is -1.06. The molecule has 0 saturated carbocycles. The molecule has 0 aliphatic carbocycles. The zero-order chi connectivity index (χ0) is 13.1. The van der Waals surface area contributed by atoms with Crippen molar-refractivity contribution in [3.05, 3.63) is 45.1 Å². The Hall–Kier alpha value is -1.72. The van der Waals surface area contributed by atoms with Crippen molar-refractivity contribution in [2.45, 2.75) is 6.54 Å². The first kappa shape index (κ1) is 12.7. The van der Waals surface area contributed by atoms with Crippen molar-refractivity contribution in [3.8, 4) is 0 Å². The van der Waals surface area contributed by atoms with E-state index < -0.39 is 5.97 Å². The summed E-state index contributed by atoms with van der Waals surface area (Å²) in [6.07, 6.45) is 0. The van der Waals surface area contributed by atoms with Crippen molar-refractivity contribution in [3.63, 3.8) is 0 Å². The van der Waals surface area contributed by atoms with Crippen molar-refractivity contribution < 1.29 is 9.90 Å². The molecule has 4 N–H and O–H groups in total. The Morgan fingerprint density at radius 2 is 2.28 bits per heavy atom. The number of hydrogen-bond donors (Lipinski definition) is 3. The minimum atomic E-state index is -1.06. The van der Waals surface area contributed by atoms with Crippen LogP contribution in [0.5, 0.6) is 0 Å². The molecular weight excluding hydrogens is 272 g/mol. The molecule has 18 heavy (non-hydrogen) atoms. The number of rotatable bonds is 4. The number of nitrogen functional groups attached to an aromatic ring is 1. The van der Waals surface area contributed by atoms with Crippen LogP contribution in [0.2, 0.25) is 5.02 Å². The maximum atomic E-state index is 11.1. The molecule has 0 radical (unpaired) electrons. The zero-order valence-corrected chi connectivity index (χ0v) is 10.9. The fraction of sp³-hybridized carbons (Fsp3) is 0.0833. The molecule has 6 heteroatoms. The lowest BCUT2D eigenvalue weighted by molar-refractivity contribution is 0.0698. The van der Waals surface area contributed by atoms with E-state index in [1.165, 1.54) is 12.1 Å². The van der Waals surface area contributed by atoms with Crippen LogP contribution in [0.1, 0.15) is 15.2 Å². The molecule has 2 rings (SSSR count). The first-order valence-corrected chi connectivity index (χ1v) is 6.42. The molecule has 94 valence electrons. The smallest absolute Gasteiger partial charge is 0.337 e. The normalized spacial score (nSPS) is 10.3. The number of halogens is 1. The molecule has 2 aromatic rings. The lowest BCUT2D eigenvalue weighted by Crippen LogP contribution is -2.07. The fourth-order valence-electron chi connectivity index (χ4n) is 1.56. The van der Waals surface area contributed by atoms with Gasteiger partial charge in [-0.3, -0.25) is 0 Å². The molecule has 0 unspecified atom stereocenters. The number of nitrogens with one attached hydrogen (secondary N) is 1. The highest BCUT2D eigenvalue weighted by molar-refractivity contribution is 7.09. The minimum Gasteiger partial charge on any atom is -0.478 e. The Balaban J connectivity index is 2.28. The number of anilines is 2. The van der Waals surface area contributed by atoms with E-state index in [-0.39, 0.29) is 5.56 Å². The minimum absolute atomic E-state index is 0.0801. The average molecular weight is 283 g/mol. The van der Waals surface area contributed by atoms with Gasteiger partial charge in [0.1, 0.15) is 0 Å². The first-order valence-electron chi connectivity index (χ1n) is 5.16. The third-order valence-corrected chi connectivity index (χ3v) is 3.54. The fourth-order valence-corrected chi connectivity index (χ4v) is 2.50. The lowest BCUT2D eigenvalue weighted by Gasteiger charge is -2.11. The quantitative estimate of drug-likeness (QED) is 0.752. The molecule has 0 spiro atoms. The van der Waals surface area contributed by atoms with Gasteiger partial charge in [-0.15, -0.1) is 11.3 Å². The summed E-state index contributed by atoms with van der Waals surface area (Å²) in [7, 11) is 0. The monoisotopic (exact) mass is 282 g/mol. The lowest BCUT2D eigenvalue weighted by atomic mass is 10.1. The molecule has 0 atom stereocenters. The number of carbonyl (C=O) groups is 1. The van der Waals surface area contributed by atoms with Crippen LogP contribution in [0.25, 0.3) is 0 Å². The van der Waals surface area contributed by atoms with Crippen molar-refractivity contribution in [1.82, 2.24) is 0 Å². The second kappa shape index (κ2) is 5.29. The second-order valence-electron chi connectivity index (χ2n) is 3.66. The molecule has 1 aromatic carbocycles. The Bertz CT molecular complexity index is 570. The van der Waals surface area contributed by atoms with Gasteiger partial charge < -0.3 is 16.2 Å². The highest BCUT2D eigenvalue weighted by Crippen LogP contribution is 2.30. The number of hydrogen-bond acceptors (Lipinski definition) is 4. The van der Waals surface area contributed by atoms with E-state index in [1.807, 2.05) is 17.5 Å². The van der Waals surface area contributed by atoms with Crippen LogP contribution in [0.4, 0.5) is 11.4 Å². The van der Waals surface area contributed by atoms with Crippen LogP contribution in [0, 0.1) is 0 Å². The van der Waals surface area contributed by atoms with Crippen LogP contribution >= 0.6 is 22.9 Å². The summed E-state index contributed by atoms with van der Waals surface area (Å²) >= 11 is 7.60. The van der Waals surface area contributed by atoms with Gasteiger partial charge in [0, 0.05) is 17.1 Å². The van der Waals surface area contributed by atoms with Crippen LogP contribution in [-0.4, -0.2) is 11.1 Å². The van der Waals surface area contributed by atoms with Gasteiger partial charge in [-0.1, -0.05) is 17.7 Å². The Labute approximate surface area is 113 Å². The van der Waals surface area contributed by atoms with Crippen molar-refractivity contribution in [1.29, 1.82) is 0 Å². The van der Waals surface area contributed by atoms with Gasteiger partial charge in [-0.25, -0.2) is 4.79 Å². The zero-order valence-electron chi connectivity index (χ0n) is 9.31. The van der Waals surface area contributed by atoms with Crippen molar-refractivity contribution in [2.75, 3.05) is 11.1 Å². The van der Waals surface area contributed by atoms with Crippen LogP contribution < -0.4 is 11.1 Å². The van der Waals surface area contributed by atoms with E-state index in [1.54, 1.807) is 11.3 Å². The Morgan fingerprint density at radius 3 is 2.89 bits per heavy atom. The maximum absolute atomic E-state index is 11.1. The molecule has 0 aliphatic heterocycles. The van der Waals surface area contributed by atoms with E-state index in [0.717, 1.165) is 4.88 Å². The maximum Gasteiger partial charge on any atom is 0.337 e. The van der Waals surface area contributed by atoms with Crippen LogP contribution in [0.15, 0.2) is 29.6 Å². The number of carboxylic acids is 1. The van der Waals surface area contributed by atoms with Gasteiger partial charge in [-0.2, -0.15) is 0 Å². The third kappa shape index (κ3) is 2.75. The van der Waals surface area contributed by atoms with Gasteiger partial charge in [0.15, 0.2) is 0 Å². The summed E-state index contributed by atoms with van der Waals surface area (Å²) in [6, 6.07) is 6.82. The average Bonchev–Trinajstić information content (AvgIpc) is 2.79.